The molecule has 0 spiro atoms. The average molecular weight is 284 g/mol. The molecule has 1 amide bonds. The molecule has 0 aliphatic rings. The summed E-state index contributed by atoms with van der Waals surface area (Å²) in [6.07, 6.45) is 2.46. The molecule has 0 saturated carbocycles. The van der Waals surface area contributed by atoms with E-state index in [-0.39, 0.29) is 0 Å². The van der Waals surface area contributed by atoms with Crippen molar-refractivity contribution < 1.29 is 4.79 Å². The zero-order chi connectivity index (χ0) is 15.1. The zero-order valence-corrected chi connectivity index (χ0v) is 11.9. The van der Waals surface area contributed by atoms with Crippen molar-refractivity contribution in [3.63, 3.8) is 0 Å². The molecule has 1 aromatic carbocycles. The van der Waals surface area contributed by atoms with Crippen molar-refractivity contribution in [1.29, 1.82) is 0 Å². The molecule has 0 radical (unpaired) electrons. The summed E-state index contributed by atoms with van der Waals surface area (Å²) in [5.74, 6) is 0.292. The second-order valence-corrected chi connectivity index (χ2v) is 4.82. The molecular formula is C16H20N4O. The number of primary amides is 1. The van der Waals surface area contributed by atoms with Gasteiger partial charge in [-0.15, -0.1) is 0 Å². The van der Waals surface area contributed by atoms with Gasteiger partial charge in [0.15, 0.2) is 0 Å². The molecule has 5 heteroatoms. The summed E-state index contributed by atoms with van der Waals surface area (Å²) in [6.45, 7) is 2.11. The largest absolute Gasteiger partial charge is 0.366 e. The van der Waals surface area contributed by atoms with Crippen molar-refractivity contribution in [3.05, 3.63) is 59.8 Å². The summed E-state index contributed by atoms with van der Waals surface area (Å²) in [5.41, 5.74) is 12.6. The lowest BCUT2D eigenvalue weighted by molar-refractivity contribution is 0.1000. The number of carbonyl (C=O) groups is 1. The van der Waals surface area contributed by atoms with Crippen molar-refractivity contribution in [2.45, 2.75) is 13.0 Å². The van der Waals surface area contributed by atoms with Crippen molar-refractivity contribution >= 4 is 11.7 Å². The van der Waals surface area contributed by atoms with Crippen molar-refractivity contribution in [3.8, 4) is 0 Å². The molecule has 0 saturated heterocycles. The predicted octanol–water partition coefficient (Wildman–Crippen LogP) is 1.54. The predicted molar refractivity (Wildman–Crippen MR) is 83.9 cm³/mol. The SMILES string of the molecule is NCCCN(Cc1ccccc1)c1cc(C(N)=O)ccn1. The number of carbonyl (C=O) groups excluding carboxylic acids is 1. The summed E-state index contributed by atoms with van der Waals surface area (Å²) in [4.78, 5) is 17.8. The highest BCUT2D eigenvalue weighted by Gasteiger charge is 2.10. The van der Waals surface area contributed by atoms with Gasteiger partial charge in [0, 0.05) is 24.8 Å². The minimum Gasteiger partial charge on any atom is -0.366 e. The van der Waals surface area contributed by atoms with Crippen LogP contribution in [0.2, 0.25) is 0 Å². The van der Waals surface area contributed by atoms with E-state index in [9.17, 15) is 4.79 Å². The van der Waals surface area contributed by atoms with Gasteiger partial charge in [-0.25, -0.2) is 4.98 Å². The number of hydrogen-bond acceptors (Lipinski definition) is 4. The molecule has 2 rings (SSSR count). The minimum atomic E-state index is -0.447. The Balaban J connectivity index is 2.22. The highest BCUT2D eigenvalue weighted by molar-refractivity contribution is 5.93. The minimum absolute atomic E-state index is 0.447. The number of nitrogens with two attached hydrogens (primary N) is 2. The quantitative estimate of drug-likeness (QED) is 0.807. The lowest BCUT2D eigenvalue weighted by Gasteiger charge is -2.24. The van der Waals surface area contributed by atoms with Gasteiger partial charge in [0.1, 0.15) is 5.82 Å². The van der Waals surface area contributed by atoms with E-state index in [2.05, 4.69) is 22.0 Å². The second-order valence-electron chi connectivity index (χ2n) is 4.82. The Bertz CT molecular complexity index is 586. The van der Waals surface area contributed by atoms with Crippen LogP contribution in [0.4, 0.5) is 5.82 Å². The van der Waals surface area contributed by atoms with Gasteiger partial charge in [-0.2, -0.15) is 0 Å². The van der Waals surface area contributed by atoms with Gasteiger partial charge >= 0.3 is 0 Å². The lowest BCUT2D eigenvalue weighted by atomic mass is 10.2. The van der Waals surface area contributed by atoms with Gasteiger partial charge in [-0.05, 0) is 30.7 Å². The molecule has 1 aromatic heterocycles. The highest BCUT2D eigenvalue weighted by Crippen LogP contribution is 2.16. The van der Waals surface area contributed by atoms with Crippen LogP contribution < -0.4 is 16.4 Å². The van der Waals surface area contributed by atoms with E-state index in [1.807, 2.05) is 18.2 Å². The molecule has 5 nitrogen and oxygen atoms in total. The maximum atomic E-state index is 11.3. The maximum absolute atomic E-state index is 11.3. The molecule has 2 aromatic rings. The molecule has 0 aliphatic carbocycles. The van der Waals surface area contributed by atoms with E-state index in [1.54, 1.807) is 18.3 Å². The molecular weight excluding hydrogens is 264 g/mol. The third kappa shape index (κ3) is 4.29. The average Bonchev–Trinajstić information content (AvgIpc) is 2.52. The molecule has 0 unspecified atom stereocenters. The first-order valence-corrected chi connectivity index (χ1v) is 6.95. The third-order valence-corrected chi connectivity index (χ3v) is 3.20. The van der Waals surface area contributed by atoms with Gasteiger partial charge in [-0.3, -0.25) is 4.79 Å². The van der Waals surface area contributed by atoms with Crippen LogP contribution in [-0.4, -0.2) is 24.0 Å². The van der Waals surface area contributed by atoms with Crippen LogP contribution in [0.1, 0.15) is 22.3 Å². The van der Waals surface area contributed by atoms with E-state index < -0.39 is 5.91 Å². The second kappa shape index (κ2) is 7.40. The van der Waals surface area contributed by atoms with Crippen LogP contribution in [0, 0.1) is 0 Å². The fourth-order valence-corrected chi connectivity index (χ4v) is 2.11. The maximum Gasteiger partial charge on any atom is 0.248 e. The molecule has 0 aliphatic heterocycles. The number of hydrogen-bond donors (Lipinski definition) is 2. The standard InChI is InChI=1S/C16H20N4O/c17-8-4-10-20(12-13-5-2-1-3-6-13)15-11-14(16(18)21)7-9-19-15/h1-3,5-7,9,11H,4,8,10,12,17H2,(H2,18,21). The first kappa shape index (κ1) is 15.0. The molecule has 110 valence electrons. The fraction of sp³-hybridized carbons (Fsp3) is 0.250. The molecule has 21 heavy (non-hydrogen) atoms. The summed E-state index contributed by atoms with van der Waals surface area (Å²) in [7, 11) is 0. The zero-order valence-electron chi connectivity index (χ0n) is 11.9. The Morgan fingerprint density at radius 1 is 1.19 bits per heavy atom. The fourth-order valence-electron chi connectivity index (χ4n) is 2.11. The Hall–Kier alpha value is -2.40. The monoisotopic (exact) mass is 284 g/mol. The highest BCUT2D eigenvalue weighted by atomic mass is 16.1. The van der Waals surface area contributed by atoms with Crippen LogP contribution in [0.15, 0.2) is 48.7 Å². The number of anilines is 1. The number of amides is 1. The van der Waals surface area contributed by atoms with Crippen LogP contribution >= 0.6 is 0 Å². The van der Waals surface area contributed by atoms with Gasteiger partial charge in [0.25, 0.3) is 0 Å². The first-order valence-electron chi connectivity index (χ1n) is 6.95. The molecule has 0 fully saturated rings. The Morgan fingerprint density at radius 3 is 2.62 bits per heavy atom. The van der Waals surface area contributed by atoms with E-state index >= 15 is 0 Å². The van der Waals surface area contributed by atoms with E-state index in [1.165, 1.54) is 5.56 Å². The first-order chi connectivity index (χ1) is 10.2. The van der Waals surface area contributed by atoms with Gasteiger partial charge in [0.2, 0.25) is 5.91 Å². The Kier molecular flexibility index (Phi) is 5.29. The van der Waals surface area contributed by atoms with Crippen molar-refractivity contribution in [1.82, 2.24) is 4.98 Å². The Labute approximate surface area is 124 Å². The molecule has 4 N–H and O–H groups in total. The van der Waals surface area contributed by atoms with Crippen LogP contribution in [0.5, 0.6) is 0 Å². The molecule has 0 atom stereocenters. The van der Waals surface area contributed by atoms with Gasteiger partial charge < -0.3 is 16.4 Å². The Morgan fingerprint density at radius 2 is 1.95 bits per heavy atom. The van der Waals surface area contributed by atoms with Crippen LogP contribution in [-0.2, 0) is 6.54 Å². The number of pyridine rings is 1. The topological polar surface area (TPSA) is 85.2 Å². The summed E-state index contributed by atoms with van der Waals surface area (Å²) in [6, 6.07) is 13.5. The summed E-state index contributed by atoms with van der Waals surface area (Å²) < 4.78 is 0. The van der Waals surface area contributed by atoms with Crippen molar-refractivity contribution in [2.24, 2.45) is 11.5 Å². The number of rotatable bonds is 7. The van der Waals surface area contributed by atoms with Gasteiger partial charge in [0.05, 0.1) is 0 Å². The third-order valence-electron chi connectivity index (χ3n) is 3.20. The van der Waals surface area contributed by atoms with E-state index in [0.717, 1.165) is 25.3 Å². The van der Waals surface area contributed by atoms with E-state index in [0.29, 0.717) is 12.1 Å². The van der Waals surface area contributed by atoms with Crippen molar-refractivity contribution in [2.75, 3.05) is 18.0 Å². The van der Waals surface area contributed by atoms with Crippen LogP contribution in [0.25, 0.3) is 0 Å². The lowest BCUT2D eigenvalue weighted by Crippen LogP contribution is -2.27. The molecule has 1 heterocycles. The number of aromatic nitrogens is 1. The number of nitrogens with zero attached hydrogens (tertiary/aromatic N) is 2. The van der Waals surface area contributed by atoms with Crippen LogP contribution in [0.3, 0.4) is 0 Å². The normalized spacial score (nSPS) is 10.3. The summed E-state index contributed by atoms with van der Waals surface area (Å²) >= 11 is 0. The van der Waals surface area contributed by atoms with Gasteiger partial charge in [-0.1, -0.05) is 30.3 Å². The summed E-state index contributed by atoms with van der Waals surface area (Å²) in [5, 5.41) is 0. The number of benzene rings is 1. The molecule has 0 bridgehead atoms. The smallest absolute Gasteiger partial charge is 0.248 e. The van der Waals surface area contributed by atoms with E-state index in [4.69, 9.17) is 11.5 Å².